The van der Waals surface area contributed by atoms with Crippen LogP contribution in [-0.2, 0) is 23.9 Å². The smallest absolute Gasteiger partial charge is 0.334 e. The SMILES string of the molecule is CC=C1C(=O)OC2CC(C)=C(C(C)CCCC(C)=O)C(OC(C)=O)C12. The van der Waals surface area contributed by atoms with Gasteiger partial charge in [-0.3, -0.25) is 4.79 Å². The fraction of sp³-hybridized carbons (Fsp3) is 0.650. The van der Waals surface area contributed by atoms with Crippen molar-refractivity contribution in [2.45, 2.75) is 72.5 Å². The highest BCUT2D eigenvalue weighted by molar-refractivity contribution is 5.92. The van der Waals surface area contributed by atoms with E-state index in [1.54, 1.807) is 13.0 Å². The van der Waals surface area contributed by atoms with Gasteiger partial charge in [-0.1, -0.05) is 18.6 Å². The predicted molar refractivity (Wildman–Crippen MR) is 93.7 cm³/mol. The Morgan fingerprint density at radius 1 is 1.36 bits per heavy atom. The van der Waals surface area contributed by atoms with Gasteiger partial charge in [0.05, 0.1) is 5.92 Å². The summed E-state index contributed by atoms with van der Waals surface area (Å²) in [5, 5.41) is 0. The van der Waals surface area contributed by atoms with Crippen LogP contribution in [0.15, 0.2) is 22.8 Å². The van der Waals surface area contributed by atoms with Crippen molar-refractivity contribution in [1.29, 1.82) is 0 Å². The Bertz CT molecular complexity index is 628. The predicted octanol–water partition coefficient (Wildman–Crippen LogP) is 3.52. The van der Waals surface area contributed by atoms with Crippen molar-refractivity contribution in [2.24, 2.45) is 11.8 Å². The maximum atomic E-state index is 12.1. The molecule has 1 fully saturated rings. The average molecular weight is 348 g/mol. The molecule has 2 aliphatic rings. The molecule has 1 heterocycles. The maximum absolute atomic E-state index is 12.1. The molecule has 0 spiro atoms. The van der Waals surface area contributed by atoms with E-state index in [2.05, 4.69) is 6.92 Å². The second-order valence-electron chi connectivity index (χ2n) is 7.18. The standard InChI is InChI=1S/C20H28O5/c1-6-15-18-16(25-20(15)23)10-12(3)17(19(18)24-14(5)22)11(2)8-7-9-13(4)21/h6,11,16,18-19H,7-10H2,1-5H3. The van der Waals surface area contributed by atoms with Crippen molar-refractivity contribution >= 4 is 17.7 Å². The third kappa shape index (κ3) is 4.20. The molecular formula is C20H28O5. The molecular weight excluding hydrogens is 320 g/mol. The zero-order chi connectivity index (χ0) is 18.7. The lowest BCUT2D eigenvalue weighted by Gasteiger charge is -2.37. The number of carbonyl (C=O) groups is 3. The molecule has 0 saturated carbocycles. The summed E-state index contributed by atoms with van der Waals surface area (Å²) < 4.78 is 11.2. The summed E-state index contributed by atoms with van der Waals surface area (Å²) in [6.45, 7) is 8.92. The van der Waals surface area contributed by atoms with Crippen molar-refractivity contribution in [1.82, 2.24) is 0 Å². The summed E-state index contributed by atoms with van der Waals surface area (Å²) >= 11 is 0. The minimum atomic E-state index is -0.471. The first-order valence-corrected chi connectivity index (χ1v) is 8.99. The molecule has 0 N–H and O–H groups in total. The highest BCUT2D eigenvalue weighted by Crippen LogP contribution is 2.45. The largest absolute Gasteiger partial charge is 0.458 e. The molecule has 0 amide bonds. The zero-order valence-electron chi connectivity index (χ0n) is 15.8. The lowest BCUT2D eigenvalue weighted by atomic mass is 9.72. The molecule has 4 atom stereocenters. The quantitative estimate of drug-likeness (QED) is 0.417. The molecule has 5 nitrogen and oxygen atoms in total. The molecule has 1 aliphatic heterocycles. The lowest BCUT2D eigenvalue weighted by Crippen LogP contribution is -2.40. The van der Waals surface area contributed by atoms with E-state index in [1.807, 2.05) is 13.8 Å². The number of carbonyl (C=O) groups excluding carboxylic acids is 3. The van der Waals surface area contributed by atoms with Crippen molar-refractivity contribution in [2.75, 3.05) is 0 Å². The van der Waals surface area contributed by atoms with Crippen molar-refractivity contribution in [3.8, 4) is 0 Å². The minimum absolute atomic E-state index is 0.179. The Labute approximate surface area is 149 Å². The van der Waals surface area contributed by atoms with Gasteiger partial charge in [0.15, 0.2) is 0 Å². The molecule has 1 aliphatic carbocycles. The first-order valence-electron chi connectivity index (χ1n) is 8.99. The fourth-order valence-electron chi connectivity index (χ4n) is 4.14. The number of fused-ring (bicyclic) bond motifs is 1. The molecule has 25 heavy (non-hydrogen) atoms. The molecule has 5 heteroatoms. The highest BCUT2D eigenvalue weighted by Gasteiger charge is 2.50. The van der Waals surface area contributed by atoms with Crippen LogP contribution < -0.4 is 0 Å². The van der Waals surface area contributed by atoms with Gasteiger partial charge in [-0.15, -0.1) is 0 Å². The van der Waals surface area contributed by atoms with E-state index < -0.39 is 6.10 Å². The normalized spacial score (nSPS) is 28.6. The van der Waals surface area contributed by atoms with Crippen LogP contribution in [0.1, 0.15) is 60.3 Å². The molecule has 0 radical (unpaired) electrons. The number of esters is 2. The zero-order valence-corrected chi connectivity index (χ0v) is 15.8. The van der Waals surface area contributed by atoms with E-state index in [4.69, 9.17) is 9.47 Å². The lowest BCUT2D eigenvalue weighted by molar-refractivity contribution is -0.148. The number of ether oxygens (including phenoxy) is 2. The Hall–Kier alpha value is -1.91. The average Bonchev–Trinajstić information content (AvgIpc) is 2.81. The number of hydrogen-bond donors (Lipinski definition) is 0. The Kier molecular flexibility index (Phi) is 6.20. The summed E-state index contributed by atoms with van der Waals surface area (Å²) in [6.07, 6.45) is 3.90. The number of ketones is 1. The van der Waals surface area contributed by atoms with Crippen LogP contribution in [0, 0.1) is 11.8 Å². The van der Waals surface area contributed by atoms with Crippen molar-refractivity contribution in [3.63, 3.8) is 0 Å². The van der Waals surface area contributed by atoms with Crippen LogP contribution in [0.4, 0.5) is 0 Å². The van der Waals surface area contributed by atoms with Gasteiger partial charge in [-0.05, 0) is 45.1 Å². The molecule has 0 aromatic heterocycles. The molecule has 0 bridgehead atoms. The van der Waals surface area contributed by atoms with Crippen LogP contribution in [0.25, 0.3) is 0 Å². The van der Waals surface area contributed by atoms with E-state index >= 15 is 0 Å². The number of hydrogen-bond acceptors (Lipinski definition) is 5. The van der Waals surface area contributed by atoms with E-state index in [0.717, 1.165) is 24.0 Å². The van der Waals surface area contributed by atoms with Crippen molar-refractivity contribution < 1.29 is 23.9 Å². The first kappa shape index (κ1) is 19.4. The summed E-state index contributed by atoms with van der Waals surface area (Å²) in [6, 6.07) is 0. The van der Waals surface area contributed by atoms with Gasteiger partial charge in [0.25, 0.3) is 0 Å². The molecule has 1 saturated heterocycles. The Morgan fingerprint density at radius 3 is 2.60 bits per heavy atom. The van der Waals surface area contributed by atoms with Crippen molar-refractivity contribution in [3.05, 3.63) is 22.8 Å². The third-order valence-electron chi connectivity index (χ3n) is 5.19. The van der Waals surface area contributed by atoms with Gasteiger partial charge in [0.2, 0.25) is 0 Å². The monoisotopic (exact) mass is 348 g/mol. The Balaban J connectivity index is 2.31. The number of Topliss-reactive ketones (excluding diaryl/α,β-unsaturated/α-hetero) is 1. The topological polar surface area (TPSA) is 69.7 Å². The van der Waals surface area contributed by atoms with E-state index in [-0.39, 0.29) is 35.7 Å². The summed E-state index contributed by atoms with van der Waals surface area (Å²) in [5.74, 6) is -0.549. The van der Waals surface area contributed by atoms with Gasteiger partial charge < -0.3 is 14.3 Å². The van der Waals surface area contributed by atoms with Crippen LogP contribution >= 0.6 is 0 Å². The van der Waals surface area contributed by atoms with Gasteiger partial charge in [-0.25, -0.2) is 4.79 Å². The van der Waals surface area contributed by atoms with Gasteiger partial charge in [-0.2, -0.15) is 0 Å². The molecule has 0 aromatic rings. The highest BCUT2D eigenvalue weighted by atomic mass is 16.6. The van der Waals surface area contributed by atoms with Crippen LogP contribution in [-0.4, -0.2) is 29.9 Å². The summed E-state index contributed by atoms with van der Waals surface area (Å²) in [7, 11) is 0. The first-order chi connectivity index (χ1) is 11.8. The summed E-state index contributed by atoms with van der Waals surface area (Å²) in [5.41, 5.74) is 2.79. The Morgan fingerprint density at radius 2 is 2.04 bits per heavy atom. The third-order valence-corrected chi connectivity index (χ3v) is 5.19. The van der Waals surface area contributed by atoms with Crippen LogP contribution in [0.5, 0.6) is 0 Å². The van der Waals surface area contributed by atoms with Crippen LogP contribution in [0.2, 0.25) is 0 Å². The maximum Gasteiger partial charge on any atom is 0.334 e. The second kappa shape index (κ2) is 7.98. The molecule has 4 unspecified atom stereocenters. The van der Waals surface area contributed by atoms with E-state index in [1.165, 1.54) is 6.92 Å². The molecule has 2 rings (SSSR count). The van der Waals surface area contributed by atoms with Gasteiger partial charge in [0.1, 0.15) is 18.0 Å². The second-order valence-corrected chi connectivity index (χ2v) is 7.18. The van der Waals surface area contributed by atoms with E-state index in [0.29, 0.717) is 18.4 Å². The fourth-order valence-corrected chi connectivity index (χ4v) is 4.14. The minimum Gasteiger partial charge on any atom is -0.458 e. The number of rotatable bonds is 6. The molecule has 138 valence electrons. The summed E-state index contributed by atoms with van der Waals surface area (Å²) in [4.78, 5) is 35.1. The van der Waals surface area contributed by atoms with E-state index in [9.17, 15) is 14.4 Å². The molecule has 0 aromatic carbocycles. The number of allylic oxidation sites excluding steroid dienone is 1. The van der Waals surface area contributed by atoms with Gasteiger partial charge in [0, 0.05) is 25.3 Å². The van der Waals surface area contributed by atoms with Gasteiger partial charge >= 0.3 is 11.9 Å². The van der Waals surface area contributed by atoms with Crippen LogP contribution in [0.3, 0.4) is 0 Å².